The van der Waals surface area contributed by atoms with Gasteiger partial charge in [0.2, 0.25) is 11.8 Å². The fourth-order valence-electron chi connectivity index (χ4n) is 2.19. The van der Waals surface area contributed by atoms with Crippen LogP contribution in [0.3, 0.4) is 0 Å². The minimum Gasteiger partial charge on any atom is -0.333 e. The highest BCUT2D eigenvalue weighted by atomic mass is 16.2. The Balaban J connectivity index is 2.40. The number of hydrogen-bond acceptors (Lipinski definition) is 2. The van der Waals surface area contributed by atoms with Gasteiger partial charge >= 0.3 is 0 Å². The van der Waals surface area contributed by atoms with Crippen LogP contribution in [0.4, 0.5) is 0 Å². The summed E-state index contributed by atoms with van der Waals surface area (Å²) >= 11 is 0. The van der Waals surface area contributed by atoms with Gasteiger partial charge < -0.3 is 10.6 Å². The summed E-state index contributed by atoms with van der Waals surface area (Å²) < 4.78 is 0. The van der Waals surface area contributed by atoms with E-state index in [0.717, 1.165) is 6.42 Å². The van der Waals surface area contributed by atoms with Gasteiger partial charge in [-0.05, 0) is 26.2 Å². The second-order valence-corrected chi connectivity index (χ2v) is 4.18. The average molecular weight is 182 g/mol. The van der Waals surface area contributed by atoms with E-state index < -0.39 is 11.1 Å². The molecule has 2 N–H and O–H groups in total. The van der Waals surface area contributed by atoms with E-state index in [9.17, 15) is 9.59 Å². The molecule has 3 aliphatic heterocycles. The maximum atomic E-state index is 11.7. The average Bonchev–Trinajstić information content (AvgIpc) is 2.03. The third-order valence-corrected chi connectivity index (χ3v) is 3.30. The summed E-state index contributed by atoms with van der Waals surface area (Å²) in [7, 11) is 0. The molecule has 0 radical (unpaired) electrons. The molecule has 3 fully saturated rings. The summed E-state index contributed by atoms with van der Waals surface area (Å²) in [6, 6.07) is 0. The fourth-order valence-corrected chi connectivity index (χ4v) is 2.19. The number of rotatable bonds is 1. The van der Waals surface area contributed by atoms with Crippen molar-refractivity contribution in [2.45, 2.75) is 38.8 Å². The Hall–Kier alpha value is -1.06. The Morgan fingerprint density at radius 2 is 1.77 bits per heavy atom. The van der Waals surface area contributed by atoms with Crippen molar-refractivity contribution in [2.24, 2.45) is 5.41 Å². The lowest BCUT2D eigenvalue weighted by molar-refractivity contribution is -0.159. The standard InChI is InChI=1S/C9H14N2O2/c1-3-9-5-4-8(2,10-6(9)12)11-7(9)13/h3-5H2,1-2H3,(H,10,12)(H,11,13). The first kappa shape index (κ1) is 8.53. The predicted octanol–water partition coefficient (Wildman–Crippen LogP) is 0.139. The molecule has 3 aliphatic rings. The smallest absolute Gasteiger partial charge is 0.237 e. The van der Waals surface area contributed by atoms with Gasteiger partial charge in [0.05, 0.1) is 0 Å². The summed E-state index contributed by atoms with van der Waals surface area (Å²) in [5.41, 5.74) is -1.27. The molecule has 0 aromatic rings. The molecule has 2 bridgehead atoms. The van der Waals surface area contributed by atoms with Gasteiger partial charge in [0, 0.05) is 0 Å². The van der Waals surface area contributed by atoms with Crippen molar-refractivity contribution in [1.29, 1.82) is 0 Å². The van der Waals surface area contributed by atoms with Crippen molar-refractivity contribution < 1.29 is 9.59 Å². The molecule has 0 unspecified atom stereocenters. The van der Waals surface area contributed by atoms with Crippen LogP contribution >= 0.6 is 0 Å². The van der Waals surface area contributed by atoms with Crippen LogP contribution in [0.25, 0.3) is 0 Å². The molecule has 0 saturated carbocycles. The summed E-state index contributed by atoms with van der Waals surface area (Å²) in [4.78, 5) is 23.3. The Kier molecular flexibility index (Phi) is 1.47. The van der Waals surface area contributed by atoms with E-state index in [-0.39, 0.29) is 11.8 Å². The third kappa shape index (κ3) is 0.913. The molecule has 3 saturated heterocycles. The van der Waals surface area contributed by atoms with Crippen LogP contribution in [0.2, 0.25) is 0 Å². The molecular weight excluding hydrogens is 168 g/mol. The van der Waals surface area contributed by atoms with Crippen LogP contribution in [-0.4, -0.2) is 17.5 Å². The van der Waals surface area contributed by atoms with Crippen molar-refractivity contribution in [3.63, 3.8) is 0 Å². The van der Waals surface area contributed by atoms with Crippen LogP contribution in [0.1, 0.15) is 33.1 Å². The molecule has 0 spiro atoms. The Morgan fingerprint density at radius 3 is 2.15 bits per heavy atom. The van der Waals surface area contributed by atoms with E-state index in [0.29, 0.717) is 12.8 Å². The van der Waals surface area contributed by atoms with Crippen molar-refractivity contribution >= 4 is 11.8 Å². The van der Waals surface area contributed by atoms with E-state index >= 15 is 0 Å². The molecule has 0 aliphatic carbocycles. The minimum atomic E-state index is -0.780. The van der Waals surface area contributed by atoms with Gasteiger partial charge in [-0.15, -0.1) is 0 Å². The van der Waals surface area contributed by atoms with E-state index in [4.69, 9.17) is 0 Å². The minimum absolute atomic E-state index is 0.104. The number of nitrogens with one attached hydrogen (secondary N) is 2. The van der Waals surface area contributed by atoms with Gasteiger partial charge in [-0.3, -0.25) is 9.59 Å². The monoisotopic (exact) mass is 182 g/mol. The van der Waals surface area contributed by atoms with Gasteiger partial charge in [-0.2, -0.15) is 0 Å². The SMILES string of the molecule is CCC12CCC(C)(NC1=O)NC2=O. The molecule has 13 heavy (non-hydrogen) atoms. The Bertz CT molecular complexity index is 267. The molecule has 4 heteroatoms. The van der Waals surface area contributed by atoms with Gasteiger partial charge in [0.25, 0.3) is 0 Å². The number of hydrogen-bond donors (Lipinski definition) is 2. The van der Waals surface area contributed by atoms with E-state index in [1.54, 1.807) is 0 Å². The molecule has 4 nitrogen and oxygen atoms in total. The molecule has 3 rings (SSSR count). The van der Waals surface area contributed by atoms with Crippen molar-refractivity contribution in [3.8, 4) is 0 Å². The van der Waals surface area contributed by atoms with E-state index in [2.05, 4.69) is 10.6 Å². The zero-order valence-corrected chi connectivity index (χ0v) is 7.94. The quantitative estimate of drug-likeness (QED) is 0.567. The second-order valence-electron chi connectivity index (χ2n) is 4.18. The lowest BCUT2D eigenvalue weighted by atomic mass is 9.70. The van der Waals surface area contributed by atoms with Crippen molar-refractivity contribution in [2.75, 3.05) is 0 Å². The van der Waals surface area contributed by atoms with E-state index in [1.165, 1.54) is 0 Å². The molecular formula is C9H14N2O2. The number of piperidine rings is 2. The lowest BCUT2D eigenvalue weighted by Crippen LogP contribution is -2.75. The second kappa shape index (κ2) is 2.25. The summed E-state index contributed by atoms with van der Waals surface area (Å²) in [5.74, 6) is -0.208. The first-order valence-corrected chi connectivity index (χ1v) is 4.68. The van der Waals surface area contributed by atoms with Crippen LogP contribution < -0.4 is 10.6 Å². The normalized spacial score (nSPS) is 42.9. The summed E-state index contributed by atoms with van der Waals surface area (Å²) in [5, 5.41) is 5.69. The Labute approximate surface area is 77.1 Å². The van der Waals surface area contributed by atoms with Gasteiger partial charge in [0.15, 0.2) is 0 Å². The highest BCUT2D eigenvalue weighted by molar-refractivity contribution is 6.08. The maximum absolute atomic E-state index is 11.7. The zero-order chi connectivity index (χ0) is 9.69. The molecule has 0 atom stereocenters. The zero-order valence-electron chi connectivity index (χ0n) is 7.94. The highest BCUT2D eigenvalue weighted by Crippen LogP contribution is 2.40. The maximum Gasteiger partial charge on any atom is 0.237 e. The first-order chi connectivity index (χ1) is 6.02. The van der Waals surface area contributed by atoms with Gasteiger partial charge in [0.1, 0.15) is 11.1 Å². The molecule has 0 aromatic heterocycles. The van der Waals surface area contributed by atoms with Crippen LogP contribution in [-0.2, 0) is 9.59 Å². The number of carbonyl (C=O) groups is 2. The first-order valence-electron chi connectivity index (χ1n) is 4.68. The van der Waals surface area contributed by atoms with E-state index in [1.807, 2.05) is 13.8 Å². The number of amides is 2. The van der Waals surface area contributed by atoms with Crippen molar-refractivity contribution in [1.82, 2.24) is 10.6 Å². The molecule has 72 valence electrons. The number of fused-ring (bicyclic) bond motifs is 3. The van der Waals surface area contributed by atoms with Gasteiger partial charge in [-0.1, -0.05) is 6.92 Å². The molecule has 2 amide bonds. The largest absolute Gasteiger partial charge is 0.333 e. The third-order valence-electron chi connectivity index (χ3n) is 3.30. The highest BCUT2D eigenvalue weighted by Gasteiger charge is 2.56. The number of carbonyl (C=O) groups excluding carboxylic acids is 2. The predicted molar refractivity (Wildman–Crippen MR) is 46.6 cm³/mol. The van der Waals surface area contributed by atoms with Crippen LogP contribution in [0.15, 0.2) is 0 Å². The molecule has 0 aromatic carbocycles. The lowest BCUT2D eigenvalue weighted by Gasteiger charge is -2.50. The molecule has 3 heterocycles. The Morgan fingerprint density at radius 1 is 1.23 bits per heavy atom. The summed E-state index contributed by atoms with van der Waals surface area (Å²) in [6.07, 6.45) is 2.09. The van der Waals surface area contributed by atoms with Crippen LogP contribution in [0, 0.1) is 5.41 Å². The summed E-state index contributed by atoms with van der Waals surface area (Å²) in [6.45, 7) is 3.73. The van der Waals surface area contributed by atoms with Crippen molar-refractivity contribution in [3.05, 3.63) is 0 Å². The van der Waals surface area contributed by atoms with Crippen LogP contribution in [0.5, 0.6) is 0 Å². The fraction of sp³-hybridized carbons (Fsp3) is 0.778. The topological polar surface area (TPSA) is 58.2 Å². The van der Waals surface area contributed by atoms with Gasteiger partial charge in [-0.25, -0.2) is 0 Å².